The van der Waals surface area contributed by atoms with Crippen molar-refractivity contribution in [2.24, 2.45) is 0 Å². The Morgan fingerprint density at radius 1 is 1.10 bits per heavy atom. The van der Waals surface area contributed by atoms with E-state index in [-0.39, 0.29) is 0 Å². The third kappa shape index (κ3) is 3.78. The highest BCUT2D eigenvalue weighted by atomic mass is 35.5. The number of aliphatic hydroxyl groups excluding tert-OH is 1. The van der Waals surface area contributed by atoms with Crippen molar-refractivity contribution in [2.45, 2.75) is 32.3 Å². The number of ether oxygens (including phenoxy) is 1. The summed E-state index contributed by atoms with van der Waals surface area (Å²) in [6.07, 6.45) is -0.170. The molecule has 0 amide bonds. The molecule has 1 atom stereocenters. The lowest BCUT2D eigenvalue weighted by molar-refractivity contribution is 0.174. The fourth-order valence-corrected chi connectivity index (χ4v) is 2.67. The minimum absolute atomic E-state index is 0.507. The predicted molar refractivity (Wildman–Crippen MR) is 87.2 cm³/mol. The highest BCUT2D eigenvalue weighted by molar-refractivity contribution is 6.31. The quantitative estimate of drug-likeness (QED) is 0.864. The molecule has 0 aliphatic rings. The Bertz CT molecular complexity index is 591. The van der Waals surface area contributed by atoms with Gasteiger partial charge in [0.15, 0.2) is 0 Å². The third-order valence-electron chi connectivity index (χ3n) is 3.64. The summed E-state index contributed by atoms with van der Waals surface area (Å²) in [5.74, 6) is 1.13. The molecule has 2 aromatic carbocycles. The second kappa shape index (κ2) is 6.97. The normalized spacial score (nSPS) is 12.5. The van der Waals surface area contributed by atoms with Crippen LogP contribution < -0.4 is 4.74 Å². The summed E-state index contributed by atoms with van der Waals surface area (Å²) in [6, 6.07) is 13.7. The molecule has 0 fully saturated rings. The minimum Gasteiger partial charge on any atom is -0.496 e. The first-order chi connectivity index (χ1) is 10.0. The van der Waals surface area contributed by atoms with E-state index in [0.717, 1.165) is 5.56 Å². The molecule has 3 heteroatoms. The van der Waals surface area contributed by atoms with Crippen molar-refractivity contribution in [2.75, 3.05) is 7.11 Å². The van der Waals surface area contributed by atoms with Crippen LogP contribution in [0.25, 0.3) is 0 Å². The summed E-state index contributed by atoms with van der Waals surface area (Å²) in [5, 5.41) is 11.0. The summed E-state index contributed by atoms with van der Waals surface area (Å²) < 4.78 is 5.29. The molecule has 0 aliphatic heterocycles. The van der Waals surface area contributed by atoms with E-state index in [9.17, 15) is 5.11 Å². The van der Waals surface area contributed by atoms with Crippen LogP contribution in [-0.2, 0) is 6.42 Å². The largest absolute Gasteiger partial charge is 0.496 e. The van der Waals surface area contributed by atoms with Crippen LogP contribution in [0.15, 0.2) is 42.5 Å². The summed E-state index contributed by atoms with van der Waals surface area (Å²) in [5.41, 5.74) is 3.02. The zero-order valence-electron chi connectivity index (χ0n) is 12.6. The van der Waals surface area contributed by atoms with E-state index in [0.29, 0.717) is 28.7 Å². The standard InChI is InChI=1S/C18H21ClO2/c1-12(2)14-9-7-13(8-10-14)11-16(20)18-15(19)5-4-6-17(18)21-3/h4-10,12,16,20H,11H2,1-3H3. The first kappa shape index (κ1) is 15.9. The number of rotatable bonds is 5. The first-order valence-corrected chi connectivity index (χ1v) is 7.50. The van der Waals surface area contributed by atoms with Crippen molar-refractivity contribution in [3.05, 3.63) is 64.2 Å². The van der Waals surface area contributed by atoms with Gasteiger partial charge in [-0.05, 0) is 29.2 Å². The van der Waals surface area contributed by atoms with Gasteiger partial charge in [0, 0.05) is 12.0 Å². The fraction of sp³-hybridized carbons (Fsp3) is 0.333. The van der Waals surface area contributed by atoms with Crippen LogP contribution in [-0.4, -0.2) is 12.2 Å². The van der Waals surface area contributed by atoms with Crippen LogP contribution in [0.4, 0.5) is 0 Å². The number of methoxy groups -OCH3 is 1. The van der Waals surface area contributed by atoms with Crippen LogP contribution >= 0.6 is 11.6 Å². The molecule has 112 valence electrons. The molecular formula is C18H21ClO2. The predicted octanol–water partition coefficient (Wildman–Crippen LogP) is 4.75. The van der Waals surface area contributed by atoms with E-state index in [1.807, 2.05) is 12.1 Å². The molecular weight excluding hydrogens is 284 g/mol. The SMILES string of the molecule is COc1cccc(Cl)c1C(O)Cc1ccc(C(C)C)cc1. The molecule has 0 heterocycles. The third-order valence-corrected chi connectivity index (χ3v) is 3.97. The van der Waals surface area contributed by atoms with Crippen molar-refractivity contribution in [3.63, 3.8) is 0 Å². The molecule has 0 saturated heterocycles. The van der Waals surface area contributed by atoms with Crippen LogP contribution in [0.1, 0.15) is 42.6 Å². The average Bonchev–Trinajstić information content (AvgIpc) is 2.47. The van der Waals surface area contributed by atoms with Gasteiger partial charge in [0.2, 0.25) is 0 Å². The van der Waals surface area contributed by atoms with Crippen molar-refractivity contribution in [1.82, 2.24) is 0 Å². The Hall–Kier alpha value is -1.51. The second-order valence-electron chi connectivity index (χ2n) is 5.47. The highest BCUT2D eigenvalue weighted by Gasteiger charge is 2.17. The van der Waals surface area contributed by atoms with Crippen LogP contribution in [0, 0.1) is 0 Å². The van der Waals surface area contributed by atoms with E-state index >= 15 is 0 Å². The van der Waals surface area contributed by atoms with Gasteiger partial charge in [-0.15, -0.1) is 0 Å². The van der Waals surface area contributed by atoms with Gasteiger partial charge < -0.3 is 9.84 Å². The molecule has 0 bridgehead atoms. The minimum atomic E-state index is -0.682. The lowest BCUT2D eigenvalue weighted by Crippen LogP contribution is -2.05. The number of aliphatic hydroxyl groups is 1. The summed E-state index contributed by atoms with van der Waals surface area (Å²) >= 11 is 6.20. The molecule has 1 N–H and O–H groups in total. The molecule has 2 rings (SSSR count). The molecule has 1 unspecified atom stereocenters. The van der Waals surface area contributed by atoms with Gasteiger partial charge in [-0.3, -0.25) is 0 Å². The lowest BCUT2D eigenvalue weighted by atomic mass is 9.97. The van der Waals surface area contributed by atoms with Crippen LogP contribution in [0.5, 0.6) is 5.75 Å². The number of hydrogen-bond acceptors (Lipinski definition) is 2. The van der Waals surface area contributed by atoms with Gasteiger partial charge in [0.1, 0.15) is 5.75 Å². The smallest absolute Gasteiger partial charge is 0.126 e. The molecule has 21 heavy (non-hydrogen) atoms. The molecule has 2 nitrogen and oxygen atoms in total. The fourth-order valence-electron chi connectivity index (χ4n) is 2.38. The van der Waals surface area contributed by atoms with E-state index in [2.05, 4.69) is 38.1 Å². The van der Waals surface area contributed by atoms with E-state index in [4.69, 9.17) is 16.3 Å². The number of benzene rings is 2. The average molecular weight is 305 g/mol. The zero-order chi connectivity index (χ0) is 15.4. The second-order valence-corrected chi connectivity index (χ2v) is 5.88. The topological polar surface area (TPSA) is 29.5 Å². The molecule has 0 spiro atoms. The van der Waals surface area contributed by atoms with Gasteiger partial charge in [-0.2, -0.15) is 0 Å². The lowest BCUT2D eigenvalue weighted by Gasteiger charge is -2.17. The van der Waals surface area contributed by atoms with Crippen molar-refractivity contribution in [3.8, 4) is 5.75 Å². The Balaban J connectivity index is 2.20. The Morgan fingerprint density at radius 3 is 2.33 bits per heavy atom. The van der Waals surface area contributed by atoms with Crippen molar-refractivity contribution >= 4 is 11.6 Å². The first-order valence-electron chi connectivity index (χ1n) is 7.12. The van der Waals surface area contributed by atoms with Gasteiger partial charge in [-0.25, -0.2) is 0 Å². The maximum Gasteiger partial charge on any atom is 0.126 e. The van der Waals surface area contributed by atoms with Gasteiger partial charge in [-0.1, -0.05) is 55.8 Å². The molecule has 2 aromatic rings. The molecule has 0 aliphatic carbocycles. The summed E-state index contributed by atoms with van der Waals surface area (Å²) in [4.78, 5) is 0. The van der Waals surface area contributed by atoms with Crippen LogP contribution in [0.3, 0.4) is 0 Å². The van der Waals surface area contributed by atoms with E-state index in [1.54, 1.807) is 13.2 Å². The summed E-state index contributed by atoms with van der Waals surface area (Å²) in [7, 11) is 1.58. The maximum atomic E-state index is 10.5. The zero-order valence-corrected chi connectivity index (χ0v) is 13.4. The van der Waals surface area contributed by atoms with E-state index < -0.39 is 6.10 Å². The van der Waals surface area contributed by atoms with Crippen LogP contribution in [0.2, 0.25) is 5.02 Å². The van der Waals surface area contributed by atoms with Gasteiger partial charge in [0.05, 0.1) is 18.2 Å². The molecule has 0 radical (unpaired) electrons. The number of hydrogen-bond donors (Lipinski definition) is 1. The Labute approximate surface area is 131 Å². The van der Waals surface area contributed by atoms with Crippen molar-refractivity contribution in [1.29, 1.82) is 0 Å². The monoisotopic (exact) mass is 304 g/mol. The summed E-state index contributed by atoms with van der Waals surface area (Å²) in [6.45, 7) is 4.33. The maximum absolute atomic E-state index is 10.5. The van der Waals surface area contributed by atoms with E-state index in [1.165, 1.54) is 5.56 Å². The van der Waals surface area contributed by atoms with Gasteiger partial charge in [0.25, 0.3) is 0 Å². The van der Waals surface area contributed by atoms with Crippen molar-refractivity contribution < 1.29 is 9.84 Å². The Morgan fingerprint density at radius 2 is 1.76 bits per heavy atom. The molecule has 0 saturated carbocycles. The number of halogens is 1. The highest BCUT2D eigenvalue weighted by Crippen LogP contribution is 2.33. The molecule has 0 aromatic heterocycles. The Kier molecular flexibility index (Phi) is 5.27. The van der Waals surface area contributed by atoms with Gasteiger partial charge >= 0.3 is 0 Å².